The maximum atomic E-state index is 12.6. The van der Waals surface area contributed by atoms with Crippen LogP contribution in [0.2, 0.25) is 0 Å². The van der Waals surface area contributed by atoms with Gasteiger partial charge in [-0.1, -0.05) is 11.2 Å². The van der Waals surface area contributed by atoms with Crippen molar-refractivity contribution in [3.8, 4) is 0 Å². The Bertz CT molecular complexity index is 1220. The monoisotopic (exact) mass is 444 g/mol. The van der Waals surface area contributed by atoms with Gasteiger partial charge in [0.2, 0.25) is 11.7 Å². The average molecular weight is 444 g/mol. The fourth-order valence-corrected chi connectivity index (χ4v) is 2.34. The van der Waals surface area contributed by atoms with Gasteiger partial charge in [0.05, 0.1) is 17.6 Å². The maximum Gasteiger partial charge on any atom is 0.452 e. The molecule has 0 aliphatic carbocycles. The number of nitrogens with zero attached hydrogens (tertiary/aromatic N) is 4. The van der Waals surface area contributed by atoms with Gasteiger partial charge in [-0.2, -0.15) is 13.2 Å². The predicted molar refractivity (Wildman–Crippen MR) is 111 cm³/mol. The molecule has 1 aromatic carbocycles. The first-order valence-electron chi connectivity index (χ1n) is 8.76. The maximum absolute atomic E-state index is 12.6. The second-order valence-corrected chi connectivity index (χ2v) is 6.16. The molecule has 3 rings (SSSR count). The minimum atomic E-state index is -4.75. The van der Waals surface area contributed by atoms with Crippen molar-refractivity contribution >= 4 is 41.5 Å². The number of nitrogens with two attached hydrogens (primary N) is 2. The molecular weight excluding hydrogens is 429 g/mol. The van der Waals surface area contributed by atoms with Crippen molar-refractivity contribution in [2.45, 2.75) is 6.18 Å². The van der Waals surface area contributed by atoms with Gasteiger partial charge in [0.1, 0.15) is 5.82 Å². The molecule has 0 saturated heterocycles. The molecule has 164 valence electrons. The topological polar surface area (TPSA) is 169 Å². The second-order valence-electron chi connectivity index (χ2n) is 6.16. The van der Waals surface area contributed by atoms with E-state index in [-0.39, 0.29) is 17.5 Å². The minimum Gasteiger partial charge on any atom is -0.398 e. The Kier molecular flexibility index (Phi) is 6.28. The van der Waals surface area contributed by atoms with Crippen LogP contribution in [-0.4, -0.2) is 34.4 Å². The van der Waals surface area contributed by atoms with E-state index in [2.05, 4.69) is 30.0 Å². The van der Waals surface area contributed by atoms with Crippen molar-refractivity contribution in [3.05, 3.63) is 65.2 Å². The van der Waals surface area contributed by atoms with Crippen molar-refractivity contribution in [2.75, 3.05) is 11.1 Å². The van der Waals surface area contributed by atoms with E-state index < -0.39 is 23.5 Å². The van der Waals surface area contributed by atoms with E-state index in [0.29, 0.717) is 23.0 Å². The number of hydrogen-bond acceptors (Lipinski definition) is 7. The van der Waals surface area contributed by atoms with Gasteiger partial charge in [-0.05, 0) is 30.3 Å². The molecule has 32 heavy (non-hydrogen) atoms. The van der Waals surface area contributed by atoms with Crippen LogP contribution in [0.1, 0.15) is 27.5 Å². The fourth-order valence-electron chi connectivity index (χ4n) is 2.34. The first-order chi connectivity index (χ1) is 15.2. The highest BCUT2D eigenvalue weighted by Gasteiger charge is 2.36. The highest BCUT2D eigenvalue weighted by Crippen LogP contribution is 2.29. The molecule has 0 unspecified atom stereocenters. The number of carbonyl (C=O) groups is 1. The van der Waals surface area contributed by atoms with Gasteiger partial charge in [0.15, 0.2) is 5.69 Å². The molecule has 6 N–H and O–H groups in total. The lowest BCUT2D eigenvalue weighted by Gasteiger charge is -2.03. The van der Waals surface area contributed by atoms with Crippen LogP contribution in [0.3, 0.4) is 0 Å². The van der Waals surface area contributed by atoms with Gasteiger partial charge >= 0.3 is 6.18 Å². The Morgan fingerprint density at radius 2 is 2.00 bits per heavy atom. The summed E-state index contributed by atoms with van der Waals surface area (Å²) in [6, 6.07) is 9.75. The van der Waals surface area contributed by atoms with Gasteiger partial charge in [-0.15, -0.1) is 0 Å². The molecule has 0 radical (unpaired) electrons. The van der Waals surface area contributed by atoms with E-state index in [0.717, 1.165) is 6.21 Å². The SMILES string of the molecule is N=Cc1cc(N=C(N)/N=C/c2cccc(NC(=O)c3cc(C(F)(F)F)on3)n2)ccc1N. The first kappa shape index (κ1) is 22.1. The zero-order chi connectivity index (χ0) is 23.3. The van der Waals surface area contributed by atoms with E-state index in [1.54, 1.807) is 24.3 Å². The van der Waals surface area contributed by atoms with Gasteiger partial charge in [-0.25, -0.2) is 15.0 Å². The number of benzene rings is 1. The number of aliphatic imine (C=N–C) groups is 2. The lowest BCUT2D eigenvalue weighted by molar-refractivity contribution is -0.155. The Morgan fingerprint density at radius 3 is 2.69 bits per heavy atom. The third-order valence-corrected chi connectivity index (χ3v) is 3.83. The minimum absolute atomic E-state index is 0.0418. The van der Waals surface area contributed by atoms with Gasteiger partial charge < -0.3 is 26.7 Å². The molecule has 0 atom stereocenters. The lowest BCUT2D eigenvalue weighted by atomic mass is 10.2. The largest absolute Gasteiger partial charge is 0.452 e. The quantitative estimate of drug-likeness (QED) is 0.268. The number of nitrogens with one attached hydrogen (secondary N) is 2. The van der Waals surface area contributed by atoms with Crippen LogP contribution >= 0.6 is 0 Å². The normalized spacial score (nSPS) is 12.2. The average Bonchev–Trinajstić information content (AvgIpc) is 3.25. The van der Waals surface area contributed by atoms with Crippen molar-refractivity contribution in [2.24, 2.45) is 15.7 Å². The number of alkyl halides is 3. The number of nitrogen functional groups attached to an aromatic ring is 1. The molecule has 0 spiro atoms. The molecule has 0 aliphatic heterocycles. The van der Waals surface area contributed by atoms with Crippen LogP contribution in [0.5, 0.6) is 0 Å². The molecule has 2 heterocycles. The summed E-state index contributed by atoms with van der Waals surface area (Å²) in [5.74, 6) is -2.39. The summed E-state index contributed by atoms with van der Waals surface area (Å²) in [6.45, 7) is 0. The van der Waals surface area contributed by atoms with Gasteiger partial charge in [0.25, 0.3) is 5.91 Å². The van der Waals surface area contributed by atoms with Crippen LogP contribution in [0.25, 0.3) is 0 Å². The number of halogens is 3. The summed E-state index contributed by atoms with van der Waals surface area (Å²) in [6.07, 6.45) is -2.39. The van der Waals surface area contributed by atoms with Crippen molar-refractivity contribution in [1.29, 1.82) is 5.41 Å². The molecule has 1 amide bonds. The van der Waals surface area contributed by atoms with Crippen LogP contribution in [-0.2, 0) is 6.18 Å². The third-order valence-electron chi connectivity index (χ3n) is 3.83. The van der Waals surface area contributed by atoms with Crippen LogP contribution in [0.4, 0.5) is 30.4 Å². The zero-order valence-corrected chi connectivity index (χ0v) is 16.1. The smallest absolute Gasteiger partial charge is 0.398 e. The molecule has 3 aromatic rings. The van der Waals surface area contributed by atoms with E-state index >= 15 is 0 Å². The Labute approximate surface area is 178 Å². The second kappa shape index (κ2) is 9.07. The number of anilines is 2. The highest BCUT2D eigenvalue weighted by atomic mass is 19.4. The zero-order valence-electron chi connectivity index (χ0n) is 16.1. The Balaban J connectivity index is 1.70. The Morgan fingerprint density at radius 1 is 1.22 bits per heavy atom. The molecule has 2 aromatic heterocycles. The summed E-state index contributed by atoms with van der Waals surface area (Å²) in [5.41, 5.74) is 12.6. The molecule has 0 aliphatic rings. The van der Waals surface area contributed by atoms with Crippen LogP contribution in [0, 0.1) is 5.41 Å². The molecule has 0 saturated carbocycles. The summed E-state index contributed by atoms with van der Waals surface area (Å²) < 4.78 is 41.8. The van der Waals surface area contributed by atoms with E-state index in [9.17, 15) is 18.0 Å². The first-order valence-corrected chi connectivity index (χ1v) is 8.76. The number of hydrogen-bond donors (Lipinski definition) is 4. The molecular formula is C19H15F3N8O2. The molecule has 0 bridgehead atoms. The number of aromatic nitrogens is 2. The number of rotatable bonds is 5. The highest BCUT2D eigenvalue weighted by molar-refractivity contribution is 6.02. The number of amides is 1. The number of carbonyl (C=O) groups excluding carboxylic acids is 1. The van der Waals surface area contributed by atoms with Gasteiger partial charge in [0, 0.05) is 23.5 Å². The molecule has 0 fully saturated rings. The number of guanidine groups is 1. The van der Waals surface area contributed by atoms with E-state index in [1.165, 1.54) is 18.3 Å². The fraction of sp³-hybridized carbons (Fsp3) is 0.0526. The lowest BCUT2D eigenvalue weighted by Crippen LogP contribution is -2.14. The van der Waals surface area contributed by atoms with E-state index in [4.69, 9.17) is 16.9 Å². The third kappa shape index (κ3) is 5.53. The summed E-state index contributed by atoms with van der Waals surface area (Å²) >= 11 is 0. The molecule has 10 nitrogen and oxygen atoms in total. The summed E-state index contributed by atoms with van der Waals surface area (Å²) in [5, 5.41) is 12.7. The predicted octanol–water partition coefficient (Wildman–Crippen LogP) is 2.99. The van der Waals surface area contributed by atoms with E-state index in [1.807, 2.05) is 0 Å². The van der Waals surface area contributed by atoms with Gasteiger partial charge in [-0.3, -0.25) is 4.79 Å². The summed E-state index contributed by atoms with van der Waals surface area (Å²) in [7, 11) is 0. The van der Waals surface area contributed by atoms with Crippen molar-refractivity contribution < 1.29 is 22.5 Å². The molecule has 13 heteroatoms. The standard InChI is InChI=1S/C19H15F3N8O2/c20-19(21,22)15-7-14(30-32-15)17(31)29-16-3-1-2-12(27-16)9-26-18(25)28-11-4-5-13(24)10(6-11)8-23/h1-9,23H,24H2,(H2,25,28)(H,27,29,31)/b23-8?,26-9+. The van der Waals surface area contributed by atoms with Crippen LogP contribution < -0.4 is 16.8 Å². The number of pyridine rings is 1. The van der Waals surface area contributed by atoms with Crippen molar-refractivity contribution in [1.82, 2.24) is 10.1 Å². The van der Waals surface area contributed by atoms with Crippen molar-refractivity contribution in [3.63, 3.8) is 0 Å². The Hall–Kier alpha value is -4.55. The summed E-state index contributed by atoms with van der Waals surface area (Å²) in [4.78, 5) is 24.2. The van der Waals surface area contributed by atoms with Crippen LogP contribution in [0.15, 0.2) is 57.0 Å².